The van der Waals surface area contributed by atoms with Gasteiger partial charge in [-0.2, -0.15) is 0 Å². The Morgan fingerprint density at radius 3 is 2.57 bits per heavy atom. The Hall–Kier alpha value is -2.69. The topological polar surface area (TPSA) is 69.4 Å². The van der Waals surface area contributed by atoms with Gasteiger partial charge in [0, 0.05) is 11.6 Å². The smallest absolute Gasteiger partial charge is 0.272 e. The predicted octanol–water partition coefficient (Wildman–Crippen LogP) is 3.60. The highest BCUT2D eigenvalue weighted by molar-refractivity contribution is 5.80. The lowest BCUT2D eigenvalue weighted by Gasteiger charge is -2.12. The van der Waals surface area contributed by atoms with Crippen LogP contribution in [0.25, 0.3) is 0 Å². The molecule has 0 saturated carbocycles. The number of aryl methyl sites for hydroxylation is 1. The fourth-order valence-electron chi connectivity index (χ4n) is 2.14. The molecule has 0 radical (unpaired) electrons. The second kappa shape index (κ2) is 6.17. The SMILES string of the molecule is Cc1cccc(C=O)c1OCc1cccc([N+](=O)[O-])c1C. The van der Waals surface area contributed by atoms with Crippen LogP contribution in [0.15, 0.2) is 36.4 Å². The first-order valence-electron chi connectivity index (χ1n) is 6.45. The number of hydrogen-bond donors (Lipinski definition) is 0. The fourth-order valence-corrected chi connectivity index (χ4v) is 2.14. The Bertz CT molecular complexity index is 695. The van der Waals surface area contributed by atoms with E-state index < -0.39 is 4.92 Å². The van der Waals surface area contributed by atoms with Crippen molar-refractivity contribution in [2.24, 2.45) is 0 Å². The molecule has 0 aliphatic carbocycles. The van der Waals surface area contributed by atoms with Crippen molar-refractivity contribution in [2.45, 2.75) is 20.5 Å². The van der Waals surface area contributed by atoms with Crippen LogP contribution in [-0.2, 0) is 6.61 Å². The zero-order chi connectivity index (χ0) is 15.4. The van der Waals surface area contributed by atoms with Gasteiger partial charge in [0.05, 0.1) is 10.5 Å². The molecule has 2 rings (SSSR count). The number of carbonyl (C=O) groups excluding carboxylic acids is 1. The Morgan fingerprint density at radius 2 is 1.90 bits per heavy atom. The number of carbonyl (C=O) groups is 1. The number of rotatable bonds is 5. The number of hydrogen-bond acceptors (Lipinski definition) is 4. The molecule has 0 aliphatic rings. The first-order chi connectivity index (χ1) is 10.0. The quantitative estimate of drug-likeness (QED) is 0.478. The van der Waals surface area contributed by atoms with Crippen molar-refractivity contribution in [1.82, 2.24) is 0 Å². The van der Waals surface area contributed by atoms with Gasteiger partial charge in [0.15, 0.2) is 6.29 Å². The first kappa shape index (κ1) is 14.7. The average molecular weight is 285 g/mol. The maximum absolute atomic E-state index is 11.0. The average Bonchev–Trinajstić information content (AvgIpc) is 2.46. The normalized spacial score (nSPS) is 10.2. The lowest BCUT2D eigenvalue weighted by molar-refractivity contribution is -0.385. The summed E-state index contributed by atoms with van der Waals surface area (Å²) in [4.78, 5) is 21.5. The molecular formula is C16H15NO4. The van der Waals surface area contributed by atoms with E-state index >= 15 is 0 Å². The van der Waals surface area contributed by atoms with Gasteiger partial charge >= 0.3 is 0 Å². The summed E-state index contributed by atoms with van der Waals surface area (Å²) in [5.41, 5.74) is 2.69. The molecule has 0 heterocycles. The third kappa shape index (κ3) is 3.08. The van der Waals surface area contributed by atoms with Gasteiger partial charge in [-0.05, 0) is 31.0 Å². The van der Waals surface area contributed by atoms with E-state index in [1.165, 1.54) is 6.07 Å². The van der Waals surface area contributed by atoms with Crippen LogP contribution in [-0.4, -0.2) is 11.2 Å². The van der Waals surface area contributed by atoms with E-state index in [-0.39, 0.29) is 12.3 Å². The molecule has 5 nitrogen and oxygen atoms in total. The standard InChI is InChI=1S/C16H15NO4/c1-11-5-3-6-13(9-18)16(11)21-10-14-7-4-8-15(12(14)2)17(19)20/h3-9H,10H2,1-2H3. The van der Waals surface area contributed by atoms with Gasteiger partial charge in [0.25, 0.3) is 5.69 Å². The first-order valence-corrected chi connectivity index (χ1v) is 6.45. The summed E-state index contributed by atoms with van der Waals surface area (Å²) in [7, 11) is 0. The summed E-state index contributed by atoms with van der Waals surface area (Å²) in [5, 5.41) is 10.9. The lowest BCUT2D eigenvalue weighted by atomic mass is 10.1. The molecule has 0 amide bonds. The number of para-hydroxylation sites is 1. The molecule has 0 aromatic heterocycles. The minimum absolute atomic E-state index is 0.0662. The van der Waals surface area contributed by atoms with Crippen LogP contribution >= 0.6 is 0 Å². The third-order valence-corrected chi connectivity index (χ3v) is 3.36. The van der Waals surface area contributed by atoms with Crippen LogP contribution in [0.3, 0.4) is 0 Å². The molecule has 0 spiro atoms. The van der Waals surface area contributed by atoms with Crippen LogP contribution in [0.1, 0.15) is 27.0 Å². The van der Waals surface area contributed by atoms with E-state index in [2.05, 4.69) is 0 Å². The molecule has 108 valence electrons. The van der Waals surface area contributed by atoms with Crippen molar-refractivity contribution >= 4 is 12.0 Å². The largest absolute Gasteiger partial charge is 0.488 e. The van der Waals surface area contributed by atoms with Crippen LogP contribution in [0.2, 0.25) is 0 Å². The molecule has 0 saturated heterocycles. The van der Waals surface area contributed by atoms with E-state index in [0.717, 1.165) is 17.4 Å². The maximum atomic E-state index is 11.0. The molecule has 0 unspecified atom stereocenters. The van der Waals surface area contributed by atoms with Crippen molar-refractivity contribution in [2.75, 3.05) is 0 Å². The fraction of sp³-hybridized carbons (Fsp3) is 0.188. The second-order valence-corrected chi connectivity index (χ2v) is 4.72. The molecule has 0 atom stereocenters. The second-order valence-electron chi connectivity index (χ2n) is 4.72. The van der Waals surface area contributed by atoms with Gasteiger partial charge < -0.3 is 4.74 Å². The Kier molecular flexibility index (Phi) is 4.33. The van der Waals surface area contributed by atoms with E-state index in [9.17, 15) is 14.9 Å². The minimum atomic E-state index is -0.413. The van der Waals surface area contributed by atoms with E-state index in [1.807, 2.05) is 13.0 Å². The number of ether oxygens (including phenoxy) is 1. The lowest BCUT2D eigenvalue weighted by Crippen LogP contribution is -2.03. The van der Waals surface area contributed by atoms with Gasteiger partial charge in [-0.3, -0.25) is 14.9 Å². The molecule has 21 heavy (non-hydrogen) atoms. The third-order valence-electron chi connectivity index (χ3n) is 3.36. The van der Waals surface area contributed by atoms with Crippen LogP contribution in [0, 0.1) is 24.0 Å². The Labute approximate surface area is 122 Å². The number of nitro groups is 1. The van der Waals surface area contributed by atoms with Crippen molar-refractivity contribution in [3.63, 3.8) is 0 Å². The van der Waals surface area contributed by atoms with Crippen molar-refractivity contribution in [3.8, 4) is 5.75 Å². The van der Waals surface area contributed by atoms with Gasteiger partial charge in [0.2, 0.25) is 0 Å². The molecule has 2 aromatic rings. The summed E-state index contributed by atoms with van der Waals surface area (Å²) in [6, 6.07) is 10.2. The van der Waals surface area contributed by atoms with Crippen molar-refractivity contribution in [3.05, 3.63) is 68.8 Å². The number of benzene rings is 2. The van der Waals surface area contributed by atoms with Crippen LogP contribution in [0.5, 0.6) is 5.75 Å². The molecule has 0 fully saturated rings. The molecule has 0 bridgehead atoms. The summed E-state index contributed by atoms with van der Waals surface area (Å²) in [6.45, 7) is 3.72. The molecule has 5 heteroatoms. The Balaban J connectivity index is 2.27. The molecular weight excluding hydrogens is 270 g/mol. The number of aldehydes is 1. The van der Waals surface area contributed by atoms with Gasteiger partial charge in [0.1, 0.15) is 12.4 Å². The van der Waals surface area contributed by atoms with Gasteiger partial charge in [-0.15, -0.1) is 0 Å². The zero-order valence-electron chi connectivity index (χ0n) is 11.8. The van der Waals surface area contributed by atoms with Gasteiger partial charge in [-0.25, -0.2) is 0 Å². The highest BCUT2D eigenvalue weighted by atomic mass is 16.6. The van der Waals surface area contributed by atoms with Crippen molar-refractivity contribution in [1.29, 1.82) is 0 Å². The minimum Gasteiger partial charge on any atom is -0.488 e. The van der Waals surface area contributed by atoms with Crippen molar-refractivity contribution < 1.29 is 14.5 Å². The maximum Gasteiger partial charge on any atom is 0.272 e. The molecule has 0 aliphatic heterocycles. The van der Waals surface area contributed by atoms with Crippen LogP contribution < -0.4 is 4.74 Å². The van der Waals surface area contributed by atoms with Crippen LogP contribution in [0.4, 0.5) is 5.69 Å². The van der Waals surface area contributed by atoms with Gasteiger partial charge in [-0.1, -0.05) is 24.3 Å². The molecule has 0 N–H and O–H groups in total. The molecule has 2 aromatic carbocycles. The summed E-state index contributed by atoms with van der Waals surface area (Å²) in [6.07, 6.45) is 0.739. The summed E-state index contributed by atoms with van der Waals surface area (Å²) >= 11 is 0. The highest BCUT2D eigenvalue weighted by Gasteiger charge is 2.14. The van der Waals surface area contributed by atoms with E-state index in [1.54, 1.807) is 31.2 Å². The summed E-state index contributed by atoms with van der Waals surface area (Å²) < 4.78 is 5.71. The number of nitro benzene ring substituents is 1. The zero-order valence-corrected chi connectivity index (χ0v) is 11.8. The predicted molar refractivity (Wildman–Crippen MR) is 78.7 cm³/mol. The van der Waals surface area contributed by atoms with E-state index in [0.29, 0.717) is 16.9 Å². The van der Waals surface area contributed by atoms with E-state index in [4.69, 9.17) is 4.74 Å². The highest BCUT2D eigenvalue weighted by Crippen LogP contribution is 2.26. The summed E-state index contributed by atoms with van der Waals surface area (Å²) in [5.74, 6) is 0.512. The monoisotopic (exact) mass is 285 g/mol. The Morgan fingerprint density at radius 1 is 1.19 bits per heavy atom. The number of nitrogens with zero attached hydrogens (tertiary/aromatic N) is 1.